The highest BCUT2D eigenvalue weighted by atomic mass is 16.5. The molecule has 156 valence electrons. The molecule has 0 aliphatic heterocycles. The maximum absolute atomic E-state index is 13.2. The minimum absolute atomic E-state index is 0.213. The molecule has 31 heavy (non-hydrogen) atoms. The lowest BCUT2D eigenvalue weighted by Gasteiger charge is -2.13. The van der Waals surface area contributed by atoms with Gasteiger partial charge < -0.3 is 14.8 Å². The molecule has 0 atom stereocenters. The number of anilines is 2. The summed E-state index contributed by atoms with van der Waals surface area (Å²) in [6.07, 6.45) is 5.94. The highest BCUT2D eigenvalue weighted by Gasteiger charge is 2.14. The number of rotatable bonds is 6. The monoisotopic (exact) mass is 416 g/mol. The third-order valence-corrected chi connectivity index (χ3v) is 4.61. The van der Waals surface area contributed by atoms with Gasteiger partial charge in [0.1, 0.15) is 5.82 Å². The summed E-state index contributed by atoms with van der Waals surface area (Å²) < 4.78 is 11.7. The third-order valence-electron chi connectivity index (χ3n) is 4.61. The molecule has 0 aliphatic carbocycles. The van der Waals surface area contributed by atoms with Crippen LogP contribution in [0.15, 0.2) is 65.7 Å². The highest BCUT2D eigenvalue weighted by molar-refractivity contribution is 5.89. The van der Waals surface area contributed by atoms with Crippen LogP contribution >= 0.6 is 0 Å². The lowest BCUT2D eigenvalue weighted by Crippen LogP contribution is -2.20. The van der Waals surface area contributed by atoms with E-state index in [0.717, 1.165) is 16.6 Å². The predicted octanol–water partition coefficient (Wildman–Crippen LogP) is 3.57. The van der Waals surface area contributed by atoms with Crippen LogP contribution in [0.5, 0.6) is 5.75 Å². The molecule has 0 saturated carbocycles. The van der Waals surface area contributed by atoms with Crippen LogP contribution in [0.1, 0.15) is 12.5 Å². The molecule has 1 N–H and O–H groups in total. The first-order chi connectivity index (χ1) is 15.1. The topological polar surface area (TPSA) is 94.8 Å². The van der Waals surface area contributed by atoms with E-state index in [1.807, 2.05) is 30.3 Å². The van der Waals surface area contributed by atoms with Gasteiger partial charge in [-0.2, -0.15) is 0 Å². The Balaban J connectivity index is 1.86. The van der Waals surface area contributed by atoms with Crippen LogP contribution in [0.4, 0.5) is 11.5 Å². The number of ether oxygens (including phenoxy) is 2. The van der Waals surface area contributed by atoms with E-state index in [2.05, 4.69) is 15.3 Å². The van der Waals surface area contributed by atoms with Gasteiger partial charge in [-0.1, -0.05) is 6.07 Å². The van der Waals surface area contributed by atoms with Gasteiger partial charge in [-0.15, -0.1) is 0 Å². The molecule has 0 amide bonds. The van der Waals surface area contributed by atoms with Gasteiger partial charge in [0.05, 0.1) is 24.8 Å². The minimum atomic E-state index is -0.541. The lowest BCUT2D eigenvalue weighted by atomic mass is 10.2. The van der Waals surface area contributed by atoms with Crippen molar-refractivity contribution in [1.82, 2.24) is 14.4 Å². The van der Waals surface area contributed by atoms with Crippen molar-refractivity contribution in [2.24, 2.45) is 0 Å². The zero-order valence-corrected chi connectivity index (χ0v) is 17.0. The van der Waals surface area contributed by atoms with Crippen molar-refractivity contribution in [2.45, 2.75) is 6.92 Å². The third kappa shape index (κ3) is 4.09. The Kier molecular flexibility index (Phi) is 5.61. The maximum atomic E-state index is 13.2. The standard InChI is InChI=1S/C23H20N4O4/c1-3-31-20(28)11-9-17-21(25-16-8-10-18-15(14-16)6-4-12-24-18)26-22-19(30-2)7-5-13-27(22)23(17)29/h4-14,25H,3H2,1-2H3/b11-9+. The number of nitrogens with one attached hydrogen (secondary N) is 1. The van der Waals surface area contributed by atoms with Gasteiger partial charge in [-0.05, 0) is 49.4 Å². The molecule has 3 aromatic heterocycles. The Bertz CT molecular complexity index is 1360. The largest absolute Gasteiger partial charge is 0.493 e. The van der Waals surface area contributed by atoms with E-state index in [1.54, 1.807) is 31.5 Å². The van der Waals surface area contributed by atoms with Crippen LogP contribution in [0.25, 0.3) is 22.6 Å². The zero-order chi connectivity index (χ0) is 21.8. The molecule has 0 radical (unpaired) electrons. The normalized spacial score (nSPS) is 11.2. The van der Waals surface area contributed by atoms with E-state index < -0.39 is 5.97 Å². The van der Waals surface area contributed by atoms with Crippen molar-refractivity contribution < 1.29 is 14.3 Å². The van der Waals surface area contributed by atoms with Crippen LogP contribution in [-0.2, 0) is 9.53 Å². The molecule has 0 aliphatic rings. The summed E-state index contributed by atoms with van der Waals surface area (Å²) in [6.45, 7) is 1.96. The fourth-order valence-electron chi connectivity index (χ4n) is 3.19. The number of fused-ring (bicyclic) bond motifs is 2. The van der Waals surface area contributed by atoms with Crippen molar-refractivity contribution in [2.75, 3.05) is 19.0 Å². The SMILES string of the molecule is CCOC(=O)/C=C/c1c(Nc2ccc3ncccc3c2)nc2c(OC)cccn2c1=O. The fraction of sp³-hybridized carbons (Fsp3) is 0.130. The van der Waals surface area contributed by atoms with Gasteiger partial charge in [-0.25, -0.2) is 9.78 Å². The maximum Gasteiger partial charge on any atom is 0.330 e. The smallest absolute Gasteiger partial charge is 0.330 e. The van der Waals surface area contributed by atoms with Crippen LogP contribution in [-0.4, -0.2) is 34.1 Å². The van der Waals surface area contributed by atoms with Crippen LogP contribution in [0.2, 0.25) is 0 Å². The highest BCUT2D eigenvalue weighted by Crippen LogP contribution is 2.24. The zero-order valence-electron chi connectivity index (χ0n) is 17.0. The van der Waals surface area contributed by atoms with Gasteiger partial charge >= 0.3 is 5.97 Å². The summed E-state index contributed by atoms with van der Waals surface area (Å²) in [5.74, 6) is 0.199. The molecule has 4 aromatic rings. The number of benzene rings is 1. The first-order valence-corrected chi connectivity index (χ1v) is 9.66. The van der Waals surface area contributed by atoms with Crippen molar-refractivity contribution in [3.63, 3.8) is 0 Å². The molecule has 0 saturated heterocycles. The Morgan fingerprint density at radius 1 is 1.23 bits per heavy atom. The second-order valence-electron chi connectivity index (χ2n) is 6.57. The van der Waals surface area contributed by atoms with Crippen LogP contribution < -0.4 is 15.6 Å². The van der Waals surface area contributed by atoms with E-state index in [-0.39, 0.29) is 17.7 Å². The van der Waals surface area contributed by atoms with E-state index in [4.69, 9.17) is 9.47 Å². The summed E-state index contributed by atoms with van der Waals surface area (Å²) >= 11 is 0. The minimum Gasteiger partial charge on any atom is -0.493 e. The van der Waals surface area contributed by atoms with Crippen molar-refractivity contribution in [3.8, 4) is 5.75 Å². The van der Waals surface area contributed by atoms with Crippen molar-refractivity contribution in [1.29, 1.82) is 0 Å². The number of hydrogen-bond donors (Lipinski definition) is 1. The molecule has 8 heteroatoms. The lowest BCUT2D eigenvalue weighted by molar-refractivity contribution is -0.137. The summed E-state index contributed by atoms with van der Waals surface area (Å²) in [7, 11) is 1.51. The molecule has 4 rings (SSSR count). The molecule has 0 bridgehead atoms. The fourth-order valence-corrected chi connectivity index (χ4v) is 3.19. The molecular weight excluding hydrogens is 396 g/mol. The Morgan fingerprint density at radius 3 is 2.90 bits per heavy atom. The van der Waals surface area contributed by atoms with Gasteiger partial charge in [0.25, 0.3) is 5.56 Å². The number of methoxy groups -OCH3 is 1. The van der Waals surface area contributed by atoms with Gasteiger partial charge in [0, 0.05) is 29.5 Å². The molecule has 0 spiro atoms. The molecular formula is C23H20N4O4. The van der Waals surface area contributed by atoms with Crippen LogP contribution in [0.3, 0.4) is 0 Å². The average molecular weight is 416 g/mol. The Morgan fingerprint density at radius 2 is 2.10 bits per heavy atom. The summed E-state index contributed by atoms with van der Waals surface area (Å²) in [4.78, 5) is 34.0. The Hall–Kier alpha value is -4.20. The number of nitrogens with zero attached hydrogens (tertiary/aromatic N) is 3. The van der Waals surface area contributed by atoms with E-state index >= 15 is 0 Å². The second-order valence-corrected chi connectivity index (χ2v) is 6.57. The summed E-state index contributed by atoms with van der Waals surface area (Å²) in [5, 5.41) is 4.13. The molecule has 0 unspecified atom stereocenters. The molecule has 8 nitrogen and oxygen atoms in total. The van der Waals surface area contributed by atoms with Crippen molar-refractivity contribution >= 4 is 40.1 Å². The Labute approximate surface area is 177 Å². The first-order valence-electron chi connectivity index (χ1n) is 9.66. The first kappa shape index (κ1) is 20.1. The van der Waals surface area contributed by atoms with E-state index in [1.165, 1.54) is 23.7 Å². The van der Waals surface area contributed by atoms with Crippen molar-refractivity contribution in [3.05, 3.63) is 76.9 Å². The number of hydrogen-bond acceptors (Lipinski definition) is 7. The molecule has 1 aromatic carbocycles. The summed E-state index contributed by atoms with van der Waals surface area (Å²) in [5.41, 5.74) is 1.79. The number of pyridine rings is 2. The van der Waals surface area contributed by atoms with Crippen LogP contribution in [0, 0.1) is 0 Å². The molecule has 3 heterocycles. The number of esters is 1. The number of carbonyl (C=O) groups is 1. The number of carbonyl (C=O) groups excluding carboxylic acids is 1. The summed E-state index contributed by atoms with van der Waals surface area (Å²) in [6, 6.07) is 12.8. The average Bonchev–Trinajstić information content (AvgIpc) is 2.78. The van der Waals surface area contributed by atoms with Gasteiger partial charge in [0.2, 0.25) is 0 Å². The van der Waals surface area contributed by atoms with Gasteiger partial charge in [0.15, 0.2) is 11.4 Å². The second kappa shape index (κ2) is 8.66. The predicted molar refractivity (Wildman–Crippen MR) is 119 cm³/mol. The quantitative estimate of drug-likeness (QED) is 0.379. The van der Waals surface area contributed by atoms with Gasteiger partial charge in [-0.3, -0.25) is 14.2 Å². The van der Waals surface area contributed by atoms with E-state index in [0.29, 0.717) is 17.2 Å². The number of aromatic nitrogens is 3. The molecule has 0 fully saturated rings. The van der Waals surface area contributed by atoms with E-state index in [9.17, 15) is 9.59 Å².